The third-order valence-electron chi connectivity index (χ3n) is 3.34. The summed E-state index contributed by atoms with van der Waals surface area (Å²) in [4.78, 5) is 8.78. The number of nitrogens with one attached hydrogen (secondary N) is 1. The molecule has 2 heterocycles. The molecule has 0 aromatic carbocycles. The average molecular weight is 273 g/mol. The topological polar surface area (TPSA) is 55.6 Å². The summed E-state index contributed by atoms with van der Waals surface area (Å²) in [5.74, 6) is 0.991. The number of rotatable bonds is 6. The van der Waals surface area contributed by atoms with Gasteiger partial charge in [0.1, 0.15) is 12.2 Å². The second-order valence-corrected chi connectivity index (χ2v) is 5.19. The molecule has 2 aromatic rings. The first-order valence-corrected chi connectivity index (χ1v) is 7.11. The van der Waals surface area contributed by atoms with E-state index < -0.39 is 0 Å². The maximum Gasteiger partial charge on any atom is 0.138 e. The van der Waals surface area contributed by atoms with Gasteiger partial charge in [-0.3, -0.25) is 9.67 Å². The van der Waals surface area contributed by atoms with Gasteiger partial charge in [0.2, 0.25) is 0 Å². The van der Waals surface area contributed by atoms with Gasteiger partial charge < -0.3 is 5.32 Å². The van der Waals surface area contributed by atoms with Crippen molar-refractivity contribution in [2.75, 3.05) is 6.54 Å². The predicted molar refractivity (Wildman–Crippen MR) is 79.5 cm³/mol. The number of hydrogen-bond donors (Lipinski definition) is 1. The van der Waals surface area contributed by atoms with Crippen LogP contribution < -0.4 is 5.32 Å². The van der Waals surface area contributed by atoms with Gasteiger partial charge in [-0.1, -0.05) is 6.92 Å². The van der Waals surface area contributed by atoms with E-state index in [0.29, 0.717) is 0 Å². The van der Waals surface area contributed by atoms with E-state index in [2.05, 4.69) is 39.4 Å². The summed E-state index contributed by atoms with van der Waals surface area (Å²) in [6, 6.07) is 4.55. The quantitative estimate of drug-likeness (QED) is 0.876. The molecule has 5 nitrogen and oxygen atoms in total. The van der Waals surface area contributed by atoms with Gasteiger partial charge in [-0.25, -0.2) is 4.98 Å². The fraction of sp³-hybridized carbons (Fsp3) is 0.533. The van der Waals surface area contributed by atoms with Gasteiger partial charge >= 0.3 is 0 Å². The van der Waals surface area contributed by atoms with Crippen LogP contribution in [0.25, 0.3) is 0 Å². The van der Waals surface area contributed by atoms with Gasteiger partial charge in [0.15, 0.2) is 0 Å². The highest BCUT2D eigenvalue weighted by Gasteiger charge is 2.15. The molecular weight excluding hydrogens is 250 g/mol. The highest BCUT2D eigenvalue weighted by Crippen LogP contribution is 2.19. The van der Waals surface area contributed by atoms with E-state index in [9.17, 15) is 0 Å². The van der Waals surface area contributed by atoms with E-state index in [0.717, 1.165) is 36.6 Å². The van der Waals surface area contributed by atoms with Crippen LogP contribution >= 0.6 is 0 Å². The summed E-state index contributed by atoms with van der Waals surface area (Å²) in [5.41, 5.74) is 3.38. The van der Waals surface area contributed by atoms with Crippen LogP contribution in [0, 0.1) is 13.8 Å². The summed E-state index contributed by atoms with van der Waals surface area (Å²) in [5, 5.41) is 7.74. The number of nitrogens with zero attached hydrogens (tertiary/aromatic N) is 4. The van der Waals surface area contributed by atoms with Gasteiger partial charge in [-0.05, 0) is 44.5 Å². The van der Waals surface area contributed by atoms with Crippen molar-refractivity contribution in [1.82, 2.24) is 25.1 Å². The Morgan fingerprint density at radius 3 is 2.50 bits per heavy atom. The Balaban J connectivity index is 2.24. The second-order valence-electron chi connectivity index (χ2n) is 5.19. The first-order valence-electron chi connectivity index (χ1n) is 7.11. The van der Waals surface area contributed by atoms with Crippen molar-refractivity contribution in [1.29, 1.82) is 0 Å². The lowest BCUT2D eigenvalue weighted by molar-refractivity contribution is 0.505. The minimum Gasteiger partial charge on any atom is -0.310 e. The second kappa shape index (κ2) is 6.61. The molecule has 2 rings (SSSR count). The first kappa shape index (κ1) is 14.7. The molecule has 0 aliphatic carbocycles. The van der Waals surface area contributed by atoms with E-state index in [1.165, 1.54) is 5.56 Å². The van der Waals surface area contributed by atoms with Crippen LogP contribution in [0.2, 0.25) is 0 Å². The zero-order chi connectivity index (χ0) is 14.5. The normalized spacial score (nSPS) is 12.6. The van der Waals surface area contributed by atoms with Gasteiger partial charge in [0.25, 0.3) is 0 Å². The summed E-state index contributed by atoms with van der Waals surface area (Å²) in [6.45, 7) is 7.24. The zero-order valence-electron chi connectivity index (χ0n) is 12.7. The van der Waals surface area contributed by atoms with Crippen molar-refractivity contribution in [3.63, 3.8) is 0 Å². The standard InChI is InChI=1S/C15H23N5/c1-5-6-16-14(9-15-17-10-18-20(15)4)13-7-11(2)19-12(3)8-13/h7-8,10,14,16H,5-6,9H2,1-4H3. The molecule has 1 N–H and O–H groups in total. The highest BCUT2D eigenvalue weighted by atomic mass is 15.3. The largest absolute Gasteiger partial charge is 0.310 e. The SMILES string of the molecule is CCCNC(Cc1ncnn1C)c1cc(C)nc(C)c1. The van der Waals surface area contributed by atoms with Crippen LogP contribution in [-0.2, 0) is 13.5 Å². The third-order valence-corrected chi connectivity index (χ3v) is 3.34. The van der Waals surface area contributed by atoms with Gasteiger partial charge in [-0.15, -0.1) is 0 Å². The number of aromatic nitrogens is 4. The first-order chi connectivity index (χ1) is 9.60. The van der Waals surface area contributed by atoms with E-state index >= 15 is 0 Å². The van der Waals surface area contributed by atoms with Crippen molar-refractivity contribution in [2.24, 2.45) is 7.05 Å². The molecule has 0 saturated carbocycles. The van der Waals surface area contributed by atoms with E-state index in [-0.39, 0.29) is 6.04 Å². The van der Waals surface area contributed by atoms with Crippen LogP contribution in [0.5, 0.6) is 0 Å². The molecule has 0 aliphatic heterocycles. The van der Waals surface area contributed by atoms with Crippen molar-refractivity contribution < 1.29 is 0 Å². The van der Waals surface area contributed by atoms with Crippen molar-refractivity contribution in [3.05, 3.63) is 41.2 Å². The summed E-state index contributed by atoms with van der Waals surface area (Å²) >= 11 is 0. The summed E-state index contributed by atoms with van der Waals surface area (Å²) in [6.07, 6.45) is 3.55. The fourth-order valence-corrected chi connectivity index (χ4v) is 2.38. The zero-order valence-corrected chi connectivity index (χ0v) is 12.7. The Kier molecular flexibility index (Phi) is 4.84. The van der Waals surface area contributed by atoms with Crippen molar-refractivity contribution in [2.45, 2.75) is 39.7 Å². The minimum absolute atomic E-state index is 0.248. The average Bonchev–Trinajstić information content (AvgIpc) is 2.78. The molecule has 0 fully saturated rings. The molecule has 0 aliphatic rings. The molecule has 1 unspecified atom stereocenters. The Labute approximate surface area is 120 Å². The molecule has 0 radical (unpaired) electrons. The lowest BCUT2D eigenvalue weighted by atomic mass is 10.0. The molecule has 0 amide bonds. The van der Waals surface area contributed by atoms with Gasteiger partial charge in [0, 0.05) is 30.9 Å². The third kappa shape index (κ3) is 3.63. The summed E-state index contributed by atoms with van der Waals surface area (Å²) in [7, 11) is 1.93. The van der Waals surface area contributed by atoms with Crippen molar-refractivity contribution >= 4 is 0 Å². The Hall–Kier alpha value is -1.75. The lowest BCUT2D eigenvalue weighted by Gasteiger charge is -2.19. The molecule has 0 spiro atoms. The Morgan fingerprint density at radius 1 is 1.25 bits per heavy atom. The van der Waals surface area contributed by atoms with Crippen LogP contribution in [-0.4, -0.2) is 26.3 Å². The molecule has 5 heteroatoms. The van der Waals surface area contributed by atoms with Gasteiger partial charge in [0.05, 0.1) is 0 Å². The number of aryl methyl sites for hydroxylation is 3. The number of hydrogen-bond acceptors (Lipinski definition) is 4. The van der Waals surface area contributed by atoms with Crippen LogP contribution in [0.1, 0.15) is 42.2 Å². The molecule has 0 bridgehead atoms. The summed E-state index contributed by atoms with van der Waals surface area (Å²) < 4.78 is 1.83. The van der Waals surface area contributed by atoms with E-state index in [1.807, 2.05) is 25.6 Å². The molecule has 108 valence electrons. The van der Waals surface area contributed by atoms with Crippen molar-refractivity contribution in [3.8, 4) is 0 Å². The van der Waals surface area contributed by atoms with Crippen LogP contribution in [0.15, 0.2) is 18.5 Å². The highest BCUT2D eigenvalue weighted by molar-refractivity contribution is 5.24. The smallest absolute Gasteiger partial charge is 0.138 e. The Bertz CT molecular complexity index is 541. The van der Waals surface area contributed by atoms with E-state index in [1.54, 1.807) is 6.33 Å². The lowest BCUT2D eigenvalue weighted by Crippen LogP contribution is -2.25. The molecule has 0 saturated heterocycles. The molecule has 2 aromatic heterocycles. The van der Waals surface area contributed by atoms with E-state index in [4.69, 9.17) is 0 Å². The maximum absolute atomic E-state index is 4.45. The molecule has 20 heavy (non-hydrogen) atoms. The fourth-order valence-electron chi connectivity index (χ4n) is 2.38. The minimum atomic E-state index is 0.248. The predicted octanol–water partition coefficient (Wildman–Crippen LogP) is 2.11. The maximum atomic E-state index is 4.45. The molecule has 1 atom stereocenters. The monoisotopic (exact) mass is 273 g/mol. The van der Waals surface area contributed by atoms with Crippen LogP contribution in [0.4, 0.5) is 0 Å². The van der Waals surface area contributed by atoms with Crippen LogP contribution in [0.3, 0.4) is 0 Å². The van der Waals surface area contributed by atoms with Gasteiger partial charge in [-0.2, -0.15) is 5.10 Å². The number of pyridine rings is 1. The Morgan fingerprint density at radius 2 is 1.95 bits per heavy atom. The molecular formula is C15H23N5.